The largest absolute Gasteiger partial charge is 0.443 e. The van der Waals surface area contributed by atoms with Gasteiger partial charge in [0, 0.05) is 52.7 Å². The van der Waals surface area contributed by atoms with Crippen LogP contribution in [0.4, 0.5) is 10.6 Å². The van der Waals surface area contributed by atoms with Gasteiger partial charge in [-0.25, -0.2) is 14.3 Å². The predicted molar refractivity (Wildman–Crippen MR) is 135 cm³/mol. The normalized spacial score (nSPS) is 13.8. The Kier molecular flexibility index (Phi) is 5.44. The number of rotatable bonds is 3. The Morgan fingerprint density at radius 3 is 2.52 bits per heavy atom. The summed E-state index contributed by atoms with van der Waals surface area (Å²) in [5.41, 5.74) is 3.94. The van der Waals surface area contributed by atoms with Crippen LogP contribution < -0.4 is 4.90 Å². The molecule has 1 aliphatic rings. The first kappa shape index (κ1) is 21.6. The highest BCUT2D eigenvalue weighted by molar-refractivity contribution is 9.10. The van der Waals surface area contributed by atoms with Crippen molar-refractivity contribution < 1.29 is 9.53 Å². The Labute approximate surface area is 201 Å². The number of hydrogen-bond acceptors (Lipinski definition) is 5. The average Bonchev–Trinajstić information content (AvgIpc) is 3.10. The van der Waals surface area contributed by atoms with Crippen molar-refractivity contribution in [3.05, 3.63) is 65.5 Å². The van der Waals surface area contributed by atoms with Gasteiger partial charge in [0.1, 0.15) is 11.4 Å². The van der Waals surface area contributed by atoms with Crippen molar-refractivity contribution in [1.82, 2.24) is 14.5 Å². The summed E-state index contributed by atoms with van der Waals surface area (Å²) in [6.07, 6.45) is 6.18. The minimum absolute atomic E-state index is 0.397. The maximum Gasteiger partial charge on any atom is 0.419 e. The van der Waals surface area contributed by atoms with E-state index >= 15 is 0 Å². The van der Waals surface area contributed by atoms with E-state index in [1.165, 1.54) is 6.42 Å². The average molecular weight is 505 g/mol. The number of carbonyl (C=O) groups excluding carboxylic acids is 1. The minimum atomic E-state index is -0.603. The van der Waals surface area contributed by atoms with E-state index in [2.05, 4.69) is 36.9 Å². The van der Waals surface area contributed by atoms with Crippen LogP contribution in [-0.2, 0) is 4.74 Å². The third kappa shape index (κ3) is 4.37. The van der Waals surface area contributed by atoms with E-state index in [0.717, 1.165) is 56.7 Å². The topological polar surface area (TPSA) is 60.3 Å². The number of nitrogens with zero attached hydrogens (tertiary/aromatic N) is 4. The van der Waals surface area contributed by atoms with Gasteiger partial charge in [0.2, 0.25) is 0 Å². The molecule has 0 bridgehead atoms. The van der Waals surface area contributed by atoms with Gasteiger partial charge < -0.3 is 9.64 Å². The van der Waals surface area contributed by atoms with E-state index in [9.17, 15) is 4.79 Å². The molecule has 0 aliphatic carbocycles. The first-order valence-corrected chi connectivity index (χ1v) is 11.8. The quantitative estimate of drug-likeness (QED) is 0.317. The molecule has 6 nitrogen and oxygen atoms in total. The molecule has 1 saturated heterocycles. The van der Waals surface area contributed by atoms with Crippen molar-refractivity contribution in [2.75, 3.05) is 18.0 Å². The summed E-state index contributed by atoms with van der Waals surface area (Å²) in [4.78, 5) is 24.4. The third-order valence-electron chi connectivity index (χ3n) is 5.64. The van der Waals surface area contributed by atoms with Crippen LogP contribution in [0.1, 0.15) is 27.2 Å². The van der Waals surface area contributed by atoms with Gasteiger partial charge in [-0.05, 0) is 85.1 Å². The molecule has 0 unspecified atom stereocenters. The maximum atomic E-state index is 13.3. The lowest BCUT2D eigenvalue weighted by Crippen LogP contribution is -2.37. The number of anilines is 1. The summed E-state index contributed by atoms with van der Waals surface area (Å²) < 4.78 is 8.36. The lowest BCUT2D eigenvalue weighted by Gasteiger charge is -2.32. The van der Waals surface area contributed by atoms with Gasteiger partial charge in [0.25, 0.3) is 0 Å². The molecule has 0 spiro atoms. The van der Waals surface area contributed by atoms with Crippen LogP contribution in [-0.4, -0.2) is 39.3 Å². The van der Waals surface area contributed by atoms with Crippen molar-refractivity contribution >= 4 is 38.7 Å². The molecular formula is C26H25BrN4O2. The van der Waals surface area contributed by atoms with E-state index in [4.69, 9.17) is 4.74 Å². The molecule has 1 aromatic carbocycles. The number of aromatic nitrogens is 3. The monoisotopic (exact) mass is 504 g/mol. The Morgan fingerprint density at radius 1 is 1.00 bits per heavy atom. The lowest BCUT2D eigenvalue weighted by atomic mass is 10.1. The number of carbonyl (C=O) groups is 1. The van der Waals surface area contributed by atoms with Gasteiger partial charge in [0.15, 0.2) is 0 Å². The van der Waals surface area contributed by atoms with Crippen molar-refractivity contribution in [2.24, 2.45) is 0 Å². The summed E-state index contributed by atoms with van der Waals surface area (Å²) in [6.45, 7) is 7.65. The Balaban J connectivity index is 1.66. The zero-order chi connectivity index (χ0) is 23.2. The van der Waals surface area contributed by atoms with Crippen molar-refractivity contribution in [3.63, 3.8) is 0 Å². The van der Waals surface area contributed by atoms with Crippen molar-refractivity contribution in [3.8, 4) is 22.4 Å². The van der Waals surface area contributed by atoms with Crippen LogP contribution in [0.3, 0.4) is 0 Å². The Hall–Kier alpha value is -3.19. The number of hydrogen-bond donors (Lipinski definition) is 0. The summed E-state index contributed by atoms with van der Waals surface area (Å²) in [5, 5.41) is 0.954. The van der Waals surface area contributed by atoms with Gasteiger partial charge in [0.05, 0.1) is 11.2 Å². The Bertz CT molecular complexity index is 1350. The highest BCUT2D eigenvalue weighted by atomic mass is 79.9. The molecular weight excluding hydrogens is 480 g/mol. The summed E-state index contributed by atoms with van der Waals surface area (Å²) in [5.74, 6) is 0.931. The first-order valence-electron chi connectivity index (χ1n) is 11.0. The second-order valence-electron chi connectivity index (χ2n) is 9.25. The number of halogens is 1. The Morgan fingerprint density at radius 2 is 1.82 bits per heavy atom. The van der Waals surface area contributed by atoms with E-state index in [0.29, 0.717) is 0 Å². The van der Waals surface area contributed by atoms with Crippen LogP contribution in [0.5, 0.6) is 0 Å². The van der Waals surface area contributed by atoms with Gasteiger partial charge in [-0.15, -0.1) is 0 Å². The van der Waals surface area contributed by atoms with Gasteiger partial charge >= 0.3 is 6.09 Å². The second-order valence-corrected chi connectivity index (χ2v) is 10.2. The molecule has 1 fully saturated rings. The molecule has 3 aromatic heterocycles. The molecule has 5 rings (SSSR count). The summed E-state index contributed by atoms with van der Waals surface area (Å²) >= 11 is 3.49. The van der Waals surface area contributed by atoms with E-state index in [-0.39, 0.29) is 0 Å². The molecule has 168 valence electrons. The summed E-state index contributed by atoms with van der Waals surface area (Å²) in [7, 11) is 0. The minimum Gasteiger partial charge on any atom is -0.443 e. The lowest BCUT2D eigenvalue weighted by molar-refractivity contribution is 0.0547. The molecule has 0 saturated carbocycles. The van der Waals surface area contributed by atoms with Crippen molar-refractivity contribution in [1.29, 1.82) is 0 Å². The van der Waals surface area contributed by atoms with Crippen molar-refractivity contribution in [2.45, 2.75) is 32.8 Å². The molecule has 33 heavy (non-hydrogen) atoms. The number of fused-ring (bicyclic) bond motifs is 1. The van der Waals surface area contributed by atoms with E-state index in [1.54, 1.807) is 17.0 Å². The molecule has 0 amide bonds. The van der Waals surface area contributed by atoms with E-state index in [1.807, 2.05) is 63.4 Å². The molecule has 7 heteroatoms. The van der Waals surface area contributed by atoms with Gasteiger partial charge in [-0.2, -0.15) is 0 Å². The zero-order valence-corrected chi connectivity index (χ0v) is 20.5. The SMILES string of the molecule is CC(C)(C)OC(=O)n1c(-c2ccnc(N3CCC3)c2)cc2cc(-c3cncc(Br)c3)ccc21. The van der Waals surface area contributed by atoms with E-state index < -0.39 is 11.7 Å². The zero-order valence-electron chi connectivity index (χ0n) is 18.9. The molecule has 4 aromatic rings. The third-order valence-corrected chi connectivity index (χ3v) is 6.07. The highest BCUT2D eigenvalue weighted by Crippen LogP contribution is 2.34. The van der Waals surface area contributed by atoms with Crippen LogP contribution in [0.2, 0.25) is 0 Å². The number of pyridine rings is 2. The van der Waals surface area contributed by atoms with Gasteiger partial charge in [-0.3, -0.25) is 4.98 Å². The number of benzene rings is 1. The first-order chi connectivity index (χ1) is 15.8. The summed E-state index contributed by atoms with van der Waals surface area (Å²) in [6, 6.07) is 14.1. The fourth-order valence-electron chi connectivity index (χ4n) is 3.98. The standard InChI is InChI=1S/C26H25BrN4O2/c1-26(2,3)33-25(32)31-22-6-5-17(20-12-21(27)16-28-15-20)11-19(22)13-23(31)18-7-8-29-24(14-18)30-9-4-10-30/h5-8,11-16H,4,9-10H2,1-3H3. The molecule has 0 N–H and O–H groups in total. The molecule has 0 atom stereocenters. The maximum absolute atomic E-state index is 13.3. The highest BCUT2D eigenvalue weighted by Gasteiger charge is 2.24. The second kappa shape index (κ2) is 8.30. The number of ether oxygens (including phenoxy) is 1. The fourth-order valence-corrected chi connectivity index (χ4v) is 4.34. The van der Waals surface area contributed by atoms with Crippen LogP contribution in [0.15, 0.2) is 65.5 Å². The molecule has 1 aliphatic heterocycles. The van der Waals surface area contributed by atoms with Crippen LogP contribution in [0, 0.1) is 0 Å². The smallest absolute Gasteiger partial charge is 0.419 e. The molecule has 0 radical (unpaired) electrons. The van der Waals surface area contributed by atoms with Crippen LogP contribution >= 0.6 is 15.9 Å². The van der Waals surface area contributed by atoms with Gasteiger partial charge in [-0.1, -0.05) is 6.07 Å². The predicted octanol–water partition coefficient (Wildman–Crippen LogP) is 6.52. The van der Waals surface area contributed by atoms with Crippen LogP contribution in [0.25, 0.3) is 33.3 Å². The fraction of sp³-hybridized carbons (Fsp3) is 0.269. The molecule has 4 heterocycles.